The fourth-order valence-corrected chi connectivity index (χ4v) is 3.59. The highest BCUT2D eigenvalue weighted by Gasteiger charge is 2.16. The molecule has 0 saturated heterocycles. The fourth-order valence-electron chi connectivity index (χ4n) is 3.59. The van der Waals surface area contributed by atoms with E-state index in [1.165, 1.54) is 0 Å². The predicted molar refractivity (Wildman–Crippen MR) is 114 cm³/mol. The number of anilines is 1. The number of H-pyrrole nitrogens is 1. The largest absolute Gasteiger partial charge is 0.496 e. The maximum Gasteiger partial charge on any atom is 0.160 e. The Bertz CT molecular complexity index is 1160. The lowest BCUT2D eigenvalue weighted by Crippen LogP contribution is -2.21. The number of ether oxygens (including phenoxy) is 3. The van der Waals surface area contributed by atoms with Crippen LogP contribution in [0.2, 0.25) is 0 Å². The number of rotatable bonds is 7. The zero-order valence-corrected chi connectivity index (χ0v) is 17.0. The van der Waals surface area contributed by atoms with E-state index in [9.17, 15) is 0 Å². The molecule has 0 bridgehead atoms. The van der Waals surface area contributed by atoms with Gasteiger partial charge in [-0.25, -0.2) is 9.97 Å². The highest BCUT2D eigenvalue weighted by molar-refractivity contribution is 6.11. The number of aromatic amines is 1. The van der Waals surface area contributed by atoms with Crippen molar-refractivity contribution >= 4 is 27.8 Å². The van der Waals surface area contributed by atoms with E-state index in [-0.39, 0.29) is 0 Å². The van der Waals surface area contributed by atoms with Gasteiger partial charge in [0.2, 0.25) is 0 Å². The van der Waals surface area contributed by atoms with Gasteiger partial charge in [-0.2, -0.15) is 0 Å². The lowest BCUT2D eigenvalue weighted by atomic mass is 10.1. The standard InChI is InChI=1S/C22H24N4O3/c1-26(11-10-14-8-9-16(27-2)18(12-14)29-4)22-21-20(23-13-24-22)19-15(25-21)6-5-7-17(19)28-3/h5-9,12-13,25H,10-11H2,1-4H3. The first kappa shape index (κ1) is 18.9. The molecule has 0 aliphatic rings. The van der Waals surface area contributed by atoms with Gasteiger partial charge in [-0.1, -0.05) is 12.1 Å². The molecule has 0 fully saturated rings. The Kier molecular flexibility index (Phi) is 5.12. The van der Waals surface area contributed by atoms with Gasteiger partial charge in [-0.05, 0) is 36.2 Å². The first-order valence-corrected chi connectivity index (χ1v) is 9.37. The topological polar surface area (TPSA) is 72.5 Å². The van der Waals surface area contributed by atoms with E-state index in [2.05, 4.69) is 25.9 Å². The number of hydrogen-bond acceptors (Lipinski definition) is 6. The number of aromatic nitrogens is 3. The van der Waals surface area contributed by atoms with Crippen LogP contribution in [-0.2, 0) is 6.42 Å². The van der Waals surface area contributed by atoms with E-state index in [4.69, 9.17) is 14.2 Å². The number of nitrogens with zero attached hydrogens (tertiary/aromatic N) is 3. The Labute approximate surface area is 169 Å². The van der Waals surface area contributed by atoms with E-state index in [1.807, 2.05) is 37.4 Å². The summed E-state index contributed by atoms with van der Waals surface area (Å²) in [6.07, 6.45) is 2.44. The van der Waals surface area contributed by atoms with Crippen LogP contribution in [-0.4, -0.2) is 49.9 Å². The van der Waals surface area contributed by atoms with Crippen LogP contribution in [0.4, 0.5) is 5.82 Å². The van der Waals surface area contributed by atoms with Crippen LogP contribution in [0.1, 0.15) is 5.56 Å². The average Bonchev–Trinajstić information content (AvgIpc) is 3.16. The Balaban J connectivity index is 1.63. The van der Waals surface area contributed by atoms with Gasteiger partial charge in [0.1, 0.15) is 23.1 Å². The third-order valence-electron chi connectivity index (χ3n) is 5.12. The molecule has 4 aromatic rings. The smallest absolute Gasteiger partial charge is 0.160 e. The number of fused-ring (bicyclic) bond motifs is 3. The highest BCUT2D eigenvalue weighted by Crippen LogP contribution is 2.34. The minimum Gasteiger partial charge on any atom is -0.496 e. The van der Waals surface area contributed by atoms with Gasteiger partial charge in [0.15, 0.2) is 17.3 Å². The third kappa shape index (κ3) is 3.40. The van der Waals surface area contributed by atoms with Crippen molar-refractivity contribution in [1.82, 2.24) is 15.0 Å². The van der Waals surface area contributed by atoms with Crippen molar-refractivity contribution < 1.29 is 14.2 Å². The maximum absolute atomic E-state index is 5.52. The Morgan fingerprint density at radius 2 is 1.72 bits per heavy atom. The summed E-state index contributed by atoms with van der Waals surface area (Å²) >= 11 is 0. The van der Waals surface area contributed by atoms with Crippen LogP contribution >= 0.6 is 0 Å². The molecule has 0 aliphatic heterocycles. The Morgan fingerprint density at radius 1 is 0.931 bits per heavy atom. The monoisotopic (exact) mass is 392 g/mol. The van der Waals surface area contributed by atoms with E-state index in [0.717, 1.165) is 63.5 Å². The summed E-state index contributed by atoms with van der Waals surface area (Å²) in [5.74, 6) is 3.12. The fraction of sp³-hybridized carbons (Fsp3) is 0.273. The number of benzene rings is 2. The van der Waals surface area contributed by atoms with Gasteiger partial charge in [0.25, 0.3) is 0 Å². The van der Waals surface area contributed by atoms with Crippen LogP contribution < -0.4 is 19.1 Å². The van der Waals surface area contributed by atoms with Crippen LogP contribution in [0.25, 0.3) is 21.9 Å². The van der Waals surface area contributed by atoms with Gasteiger partial charge < -0.3 is 24.1 Å². The Hall–Kier alpha value is -3.48. The molecule has 0 saturated carbocycles. The molecule has 1 N–H and O–H groups in total. The van der Waals surface area contributed by atoms with Crippen molar-refractivity contribution in [2.75, 3.05) is 39.8 Å². The molecule has 7 nitrogen and oxygen atoms in total. The molecule has 7 heteroatoms. The SMILES string of the molecule is COc1ccc(CCN(C)c2ncnc3c2[nH]c2cccc(OC)c23)cc1OC. The molecule has 150 valence electrons. The first-order chi connectivity index (χ1) is 14.2. The molecular weight excluding hydrogens is 368 g/mol. The molecule has 2 aromatic heterocycles. The zero-order chi connectivity index (χ0) is 20.4. The first-order valence-electron chi connectivity index (χ1n) is 9.37. The summed E-state index contributed by atoms with van der Waals surface area (Å²) in [5, 5.41) is 0.974. The summed E-state index contributed by atoms with van der Waals surface area (Å²) in [7, 11) is 6.99. The number of hydrogen-bond donors (Lipinski definition) is 1. The van der Waals surface area contributed by atoms with Crippen molar-refractivity contribution in [3.8, 4) is 17.2 Å². The number of likely N-dealkylation sites (N-methyl/N-ethyl adjacent to an activating group) is 1. The lowest BCUT2D eigenvalue weighted by molar-refractivity contribution is 0.354. The maximum atomic E-state index is 5.52. The van der Waals surface area contributed by atoms with Crippen LogP contribution in [0.3, 0.4) is 0 Å². The number of methoxy groups -OCH3 is 3. The van der Waals surface area contributed by atoms with Crippen LogP contribution in [0, 0.1) is 0 Å². The van der Waals surface area contributed by atoms with Crippen molar-refractivity contribution in [2.24, 2.45) is 0 Å². The lowest BCUT2D eigenvalue weighted by Gasteiger charge is -2.19. The van der Waals surface area contributed by atoms with E-state index >= 15 is 0 Å². The van der Waals surface area contributed by atoms with Gasteiger partial charge in [0, 0.05) is 13.6 Å². The summed E-state index contributed by atoms with van der Waals surface area (Å²) in [5.41, 5.74) is 3.91. The average molecular weight is 392 g/mol. The molecule has 29 heavy (non-hydrogen) atoms. The summed E-state index contributed by atoms with van der Waals surface area (Å²) in [6.45, 7) is 0.786. The molecule has 2 aromatic carbocycles. The summed E-state index contributed by atoms with van der Waals surface area (Å²) in [4.78, 5) is 14.6. The van der Waals surface area contributed by atoms with Crippen molar-refractivity contribution in [3.05, 3.63) is 48.3 Å². The second-order valence-corrected chi connectivity index (χ2v) is 6.79. The Morgan fingerprint density at radius 3 is 2.48 bits per heavy atom. The van der Waals surface area contributed by atoms with E-state index in [0.29, 0.717) is 0 Å². The summed E-state index contributed by atoms with van der Waals surface area (Å²) < 4.78 is 16.2. The zero-order valence-electron chi connectivity index (χ0n) is 17.0. The molecular formula is C22H24N4O3. The molecule has 0 spiro atoms. The second-order valence-electron chi connectivity index (χ2n) is 6.79. The quantitative estimate of drug-likeness (QED) is 0.516. The summed E-state index contributed by atoms with van der Waals surface area (Å²) in [6, 6.07) is 11.9. The molecule has 0 aliphatic carbocycles. The van der Waals surface area contributed by atoms with Gasteiger partial charge in [-0.15, -0.1) is 0 Å². The molecule has 0 unspecified atom stereocenters. The second kappa shape index (κ2) is 7.87. The van der Waals surface area contributed by atoms with E-state index in [1.54, 1.807) is 27.7 Å². The molecule has 4 rings (SSSR count). The van der Waals surface area contributed by atoms with Gasteiger partial charge in [0.05, 0.1) is 32.2 Å². The van der Waals surface area contributed by atoms with Gasteiger partial charge >= 0.3 is 0 Å². The third-order valence-corrected chi connectivity index (χ3v) is 5.12. The number of nitrogens with one attached hydrogen (secondary N) is 1. The van der Waals surface area contributed by atoms with Crippen molar-refractivity contribution in [1.29, 1.82) is 0 Å². The molecule has 0 amide bonds. The predicted octanol–water partition coefficient (Wildman–Crippen LogP) is 3.82. The molecule has 0 atom stereocenters. The van der Waals surface area contributed by atoms with Crippen LogP contribution in [0.15, 0.2) is 42.7 Å². The highest BCUT2D eigenvalue weighted by atomic mass is 16.5. The minimum absolute atomic E-state index is 0.731. The molecule has 0 radical (unpaired) electrons. The van der Waals surface area contributed by atoms with E-state index < -0.39 is 0 Å². The van der Waals surface area contributed by atoms with Crippen molar-refractivity contribution in [2.45, 2.75) is 6.42 Å². The minimum atomic E-state index is 0.731. The normalized spacial score (nSPS) is 11.0. The molecule has 2 heterocycles. The van der Waals surface area contributed by atoms with Gasteiger partial charge in [-0.3, -0.25) is 0 Å². The van der Waals surface area contributed by atoms with Crippen molar-refractivity contribution in [3.63, 3.8) is 0 Å². The van der Waals surface area contributed by atoms with Crippen LogP contribution in [0.5, 0.6) is 17.2 Å².